The van der Waals surface area contributed by atoms with Crippen molar-refractivity contribution in [1.29, 1.82) is 10.5 Å². The van der Waals surface area contributed by atoms with Gasteiger partial charge in [-0.2, -0.15) is 10.5 Å². The van der Waals surface area contributed by atoms with E-state index in [0.29, 0.717) is 16.8 Å². The topological polar surface area (TPSA) is 123 Å². The molecule has 2 aromatic rings. The van der Waals surface area contributed by atoms with Gasteiger partial charge in [0.25, 0.3) is 5.69 Å². The number of hydrogen-bond donors (Lipinski definition) is 1. The van der Waals surface area contributed by atoms with Crippen molar-refractivity contribution in [2.45, 2.75) is 38.5 Å². The van der Waals surface area contributed by atoms with E-state index in [-0.39, 0.29) is 5.69 Å². The van der Waals surface area contributed by atoms with E-state index in [2.05, 4.69) is 15.9 Å². The second-order valence-electron chi connectivity index (χ2n) is 8.05. The zero-order valence-corrected chi connectivity index (χ0v) is 18.2. The lowest BCUT2D eigenvalue weighted by atomic mass is 10.1. The Morgan fingerprint density at radius 2 is 1.25 bits per heavy atom. The average Bonchev–Trinajstić information content (AvgIpc) is 2.85. The van der Waals surface area contributed by atoms with Gasteiger partial charge in [-0.15, -0.1) is 0 Å². The summed E-state index contributed by atoms with van der Waals surface area (Å²) in [5.74, 6) is 0. The number of piperidine rings is 2. The van der Waals surface area contributed by atoms with Crippen LogP contribution >= 0.6 is 0 Å². The molecule has 8 nitrogen and oxygen atoms in total. The van der Waals surface area contributed by atoms with Crippen LogP contribution < -0.4 is 15.5 Å². The van der Waals surface area contributed by atoms with Crippen LogP contribution in [0.25, 0.3) is 0 Å². The van der Waals surface area contributed by atoms with Crippen LogP contribution in [0.4, 0.5) is 22.7 Å². The summed E-state index contributed by atoms with van der Waals surface area (Å²) in [6.07, 6.45) is 7.17. The lowest BCUT2D eigenvalue weighted by molar-refractivity contribution is -0.384. The number of benzene rings is 2. The molecule has 2 fully saturated rings. The van der Waals surface area contributed by atoms with E-state index in [1.165, 1.54) is 37.8 Å². The molecule has 0 radical (unpaired) electrons. The Morgan fingerprint density at radius 1 is 0.781 bits per heavy atom. The molecule has 32 heavy (non-hydrogen) atoms. The highest BCUT2D eigenvalue weighted by atomic mass is 16.6. The molecule has 166 valence electrons. The summed E-state index contributed by atoms with van der Waals surface area (Å²) in [6, 6.07) is 14.3. The Balaban J connectivity index is 0.000000182. The molecule has 0 aliphatic carbocycles. The summed E-state index contributed by atoms with van der Waals surface area (Å²) >= 11 is 0. The maximum atomic E-state index is 10.6. The number of nitro groups is 1. The molecule has 0 aromatic heterocycles. The van der Waals surface area contributed by atoms with Gasteiger partial charge in [-0.1, -0.05) is 0 Å². The number of nitrogens with two attached hydrogens (primary N) is 1. The van der Waals surface area contributed by atoms with Gasteiger partial charge in [-0.05, 0) is 62.8 Å². The molecule has 2 heterocycles. The molecule has 0 saturated carbocycles. The third-order valence-corrected chi connectivity index (χ3v) is 5.85. The van der Waals surface area contributed by atoms with Gasteiger partial charge in [-0.3, -0.25) is 10.1 Å². The number of nitro benzene ring substituents is 1. The fourth-order valence-corrected chi connectivity index (χ4v) is 4.19. The van der Waals surface area contributed by atoms with Gasteiger partial charge in [0.2, 0.25) is 0 Å². The second kappa shape index (κ2) is 11.0. The van der Waals surface area contributed by atoms with Crippen LogP contribution in [-0.4, -0.2) is 31.1 Å². The highest BCUT2D eigenvalue weighted by Gasteiger charge is 2.17. The van der Waals surface area contributed by atoms with E-state index in [1.807, 2.05) is 18.2 Å². The molecule has 0 amide bonds. The Bertz CT molecular complexity index is 1030. The van der Waals surface area contributed by atoms with Gasteiger partial charge in [-0.25, -0.2) is 0 Å². The zero-order chi connectivity index (χ0) is 22.9. The number of nitrogens with zero attached hydrogens (tertiary/aromatic N) is 5. The Hall–Kier alpha value is -3.78. The van der Waals surface area contributed by atoms with Crippen LogP contribution in [0.5, 0.6) is 0 Å². The van der Waals surface area contributed by atoms with Crippen molar-refractivity contribution >= 4 is 22.7 Å². The molecule has 4 rings (SSSR count). The summed E-state index contributed by atoms with van der Waals surface area (Å²) in [6.45, 7) is 3.95. The number of nitrogen functional groups attached to an aromatic ring is 1. The first-order valence-electron chi connectivity index (χ1n) is 11.0. The first kappa shape index (κ1) is 22.9. The predicted molar refractivity (Wildman–Crippen MR) is 126 cm³/mol. The second-order valence-corrected chi connectivity index (χ2v) is 8.05. The van der Waals surface area contributed by atoms with Crippen molar-refractivity contribution in [3.8, 4) is 12.1 Å². The van der Waals surface area contributed by atoms with Crippen LogP contribution in [0.1, 0.15) is 49.7 Å². The van der Waals surface area contributed by atoms with E-state index in [1.54, 1.807) is 12.1 Å². The molecule has 0 spiro atoms. The molecule has 2 aliphatic heterocycles. The highest BCUT2D eigenvalue weighted by Crippen LogP contribution is 2.27. The number of rotatable bonds is 3. The SMILES string of the molecule is N#Cc1cc(N)ccc1N1CCCCC1.N#Cc1cc([N+](=O)[O-])ccc1N1CCCCC1. The van der Waals surface area contributed by atoms with Crippen molar-refractivity contribution in [2.75, 3.05) is 41.7 Å². The molecular formula is C24H28N6O2. The van der Waals surface area contributed by atoms with Gasteiger partial charge < -0.3 is 15.5 Å². The minimum absolute atomic E-state index is 0.0256. The molecule has 2 aliphatic rings. The van der Waals surface area contributed by atoms with Crippen molar-refractivity contribution in [3.63, 3.8) is 0 Å². The molecule has 2 N–H and O–H groups in total. The number of hydrogen-bond acceptors (Lipinski definition) is 7. The van der Waals surface area contributed by atoms with E-state index in [0.717, 1.165) is 50.4 Å². The fourth-order valence-electron chi connectivity index (χ4n) is 4.19. The summed E-state index contributed by atoms with van der Waals surface area (Å²) in [7, 11) is 0. The van der Waals surface area contributed by atoms with E-state index in [9.17, 15) is 10.1 Å². The third-order valence-electron chi connectivity index (χ3n) is 5.85. The van der Waals surface area contributed by atoms with Crippen molar-refractivity contribution in [3.05, 3.63) is 57.6 Å². The van der Waals surface area contributed by atoms with Crippen molar-refractivity contribution in [2.24, 2.45) is 0 Å². The molecular weight excluding hydrogens is 404 g/mol. The van der Waals surface area contributed by atoms with E-state index < -0.39 is 4.92 Å². The van der Waals surface area contributed by atoms with Gasteiger partial charge in [0.05, 0.1) is 27.4 Å². The molecule has 0 atom stereocenters. The monoisotopic (exact) mass is 432 g/mol. The minimum atomic E-state index is -0.471. The maximum absolute atomic E-state index is 10.6. The van der Waals surface area contributed by atoms with Crippen LogP contribution in [0.2, 0.25) is 0 Å². The quantitative estimate of drug-likeness (QED) is 0.427. The van der Waals surface area contributed by atoms with Crippen LogP contribution in [0.3, 0.4) is 0 Å². The van der Waals surface area contributed by atoms with Crippen LogP contribution in [0, 0.1) is 32.8 Å². The molecule has 0 unspecified atom stereocenters. The normalized spacial score (nSPS) is 15.7. The van der Waals surface area contributed by atoms with Crippen molar-refractivity contribution in [1.82, 2.24) is 0 Å². The minimum Gasteiger partial charge on any atom is -0.399 e. The Kier molecular flexibility index (Phi) is 7.88. The number of anilines is 3. The van der Waals surface area contributed by atoms with E-state index >= 15 is 0 Å². The molecule has 2 aromatic carbocycles. The van der Waals surface area contributed by atoms with Gasteiger partial charge in [0.1, 0.15) is 12.1 Å². The third kappa shape index (κ3) is 5.67. The lowest BCUT2D eigenvalue weighted by Crippen LogP contribution is -2.30. The van der Waals surface area contributed by atoms with Gasteiger partial charge in [0.15, 0.2) is 0 Å². The van der Waals surface area contributed by atoms with E-state index in [4.69, 9.17) is 16.3 Å². The number of nitriles is 2. The Labute approximate surface area is 188 Å². The zero-order valence-electron chi connectivity index (χ0n) is 18.2. The predicted octanol–water partition coefficient (Wildman–Crippen LogP) is 4.59. The van der Waals surface area contributed by atoms with Crippen LogP contribution in [0.15, 0.2) is 36.4 Å². The summed E-state index contributed by atoms with van der Waals surface area (Å²) in [4.78, 5) is 14.6. The first-order chi connectivity index (χ1) is 15.5. The number of non-ortho nitro benzene ring substituents is 1. The summed E-state index contributed by atoms with van der Waals surface area (Å²) in [5, 5.41) is 28.7. The highest BCUT2D eigenvalue weighted by molar-refractivity contribution is 5.65. The fraction of sp³-hybridized carbons (Fsp3) is 0.417. The Morgan fingerprint density at radius 3 is 1.72 bits per heavy atom. The van der Waals surface area contributed by atoms with Gasteiger partial charge >= 0.3 is 0 Å². The summed E-state index contributed by atoms with van der Waals surface area (Å²) < 4.78 is 0. The lowest BCUT2D eigenvalue weighted by Gasteiger charge is -2.29. The smallest absolute Gasteiger partial charge is 0.270 e. The molecule has 8 heteroatoms. The average molecular weight is 433 g/mol. The summed E-state index contributed by atoms with van der Waals surface area (Å²) in [5.41, 5.74) is 9.23. The standard InChI is InChI=1S/C12H13N3O2.C12H15N3/c13-9-10-8-11(15(16)17)4-5-12(10)14-6-2-1-3-7-14;13-9-10-8-11(14)4-5-12(10)15-6-2-1-3-7-15/h4-5,8H,1-3,6-7H2;4-5,8H,1-3,6-7,14H2. The molecule has 2 saturated heterocycles. The van der Waals surface area contributed by atoms with Crippen molar-refractivity contribution < 1.29 is 4.92 Å². The molecule has 0 bridgehead atoms. The maximum Gasteiger partial charge on any atom is 0.270 e. The van der Waals surface area contributed by atoms with Gasteiger partial charge in [0, 0.05) is 44.0 Å². The van der Waals surface area contributed by atoms with Crippen LogP contribution in [-0.2, 0) is 0 Å². The first-order valence-corrected chi connectivity index (χ1v) is 11.0. The largest absolute Gasteiger partial charge is 0.399 e.